The van der Waals surface area contributed by atoms with Crippen LogP contribution in [0.2, 0.25) is 0 Å². The maximum atomic E-state index is 12.5. The molecule has 2 aliphatic rings. The standard InChI is InChI=1S/C14H22N4O/c1-15-10-12-4-2-3-8-17(12)13-14(19)18(9-7-16-13)11-5-6-11/h7,9,11-12,15H,2-6,8,10H2,1H3. The Hall–Kier alpha value is -1.36. The van der Waals surface area contributed by atoms with E-state index in [2.05, 4.69) is 15.2 Å². The number of aromatic nitrogens is 2. The third-order valence-corrected chi connectivity index (χ3v) is 4.13. The van der Waals surface area contributed by atoms with Gasteiger partial charge in [0.15, 0.2) is 5.82 Å². The van der Waals surface area contributed by atoms with E-state index in [0.29, 0.717) is 17.9 Å². The van der Waals surface area contributed by atoms with E-state index in [-0.39, 0.29) is 5.56 Å². The van der Waals surface area contributed by atoms with Gasteiger partial charge in [0.2, 0.25) is 0 Å². The molecule has 1 aliphatic carbocycles. The molecule has 0 radical (unpaired) electrons. The Morgan fingerprint density at radius 2 is 2.21 bits per heavy atom. The first-order chi connectivity index (χ1) is 9.31. The zero-order valence-electron chi connectivity index (χ0n) is 11.5. The van der Waals surface area contributed by atoms with E-state index in [4.69, 9.17) is 0 Å². The first-order valence-corrected chi connectivity index (χ1v) is 7.29. The molecule has 19 heavy (non-hydrogen) atoms. The zero-order chi connectivity index (χ0) is 13.2. The van der Waals surface area contributed by atoms with Crippen molar-refractivity contribution in [1.29, 1.82) is 0 Å². The zero-order valence-corrected chi connectivity index (χ0v) is 11.5. The molecule has 1 aromatic heterocycles. The van der Waals surface area contributed by atoms with Gasteiger partial charge in [0.25, 0.3) is 5.56 Å². The fraction of sp³-hybridized carbons (Fsp3) is 0.714. The van der Waals surface area contributed by atoms with Gasteiger partial charge in [-0.25, -0.2) is 4.98 Å². The first-order valence-electron chi connectivity index (χ1n) is 7.29. The molecular formula is C14H22N4O. The Morgan fingerprint density at radius 1 is 1.37 bits per heavy atom. The second kappa shape index (κ2) is 5.33. The van der Waals surface area contributed by atoms with E-state index in [1.165, 1.54) is 6.42 Å². The lowest BCUT2D eigenvalue weighted by Crippen LogP contribution is -2.48. The van der Waals surface area contributed by atoms with Crippen LogP contribution < -0.4 is 15.8 Å². The van der Waals surface area contributed by atoms with Gasteiger partial charge in [0.1, 0.15) is 0 Å². The van der Waals surface area contributed by atoms with E-state index in [0.717, 1.165) is 38.8 Å². The van der Waals surface area contributed by atoms with Crippen molar-refractivity contribution in [3.63, 3.8) is 0 Å². The number of hydrogen-bond acceptors (Lipinski definition) is 4. The summed E-state index contributed by atoms with van der Waals surface area (Å²) >= 11 is 0. The summed E-state index contributed by atoms with van der Waals surface area (Å²) in [6, 6.07) is 0.816. The van der Waals surface area contributed by atoms with Gasteiger partial charge < -0.3 is 14.8 Å². The number of hydrogen-bond donors (Lipinski definition) is 1. The molecule has 5 nitrogen and oxygen atoms in total. The van der Waals surface area contributed by atoms with E-state index in [1.54, 1.807) is 6.20 Å². The molecule has 3 rings (SSSR count). The summed E-state index contributed by atoms with van der Waals surface area (Å²) in [4.78, 5) is 19.1. The van der Waals surface area contributed by atoms with Crippen LogP contribution in [0.1, 0.15) is 38.1 Å². The van der Waals surface area contributed by atoms with Gasteiger partial charge in [0.05, 0.1) is 0 Å². The molecule has 0 bridgehead atoms. The monoisotopic (exact) mass is 262 g/mol. The Balaban J connectivity index is 1.91. The van der Waals surface area contributed by atoms with Crippen molar-refractivity contribution in [2.45, 2.75) is 44.2 Å². The summed E-state index contributed by atoms with van der Waals surface area (Å²) in [6.07, 6.45) is 9.40. The van der Waals surface area contributed by atoms with Crippen LogP contribution in [0, 0.1) is 0 Å². The number of piperidine rings is 1. The summed E-state index contributed by atoms with van der Waals surface area (Å²) < 4.78 is 1.87. The minimum atomic E-state index is 0.0907. The second-order valence-corrected chi connectivity index (χ2v) is 5.60. The van der Waals surface area contributed by atoms with E-state index in [9.17, 15) is 4.79 Å². The van der Waals surface area contributed by atoms with Crippen molar-refractivity contribution in [2.24, 2.45) is 0 Å². The van der Waals surface area contributed by atoms with Gasteiger partial charge in [-0.2, -0.15) is 0 Å². The van der Waals surface area contributed by atoms with Gasteiger partial charge in [0, 0.05) is 37.6 Å². The molecule has 0 aromatic carbocycles. The van der Waals surface area contributed by atoms with Crippen molar-refractivity contribution in [3.8, 4) is 0 Å². The lowest BCUT2D eigenvalue weighted by molar-refractivity contribution is 0.440. The summed E-state index contributed by atoms with van der Waals surface area (Å²) in [6.45, 7) is 1.86. The van der Waals surface area contributed by atoms with E-state index in [1.807, 2.05) is 17.8 Å². The average molecular weight is 262 g/mol. The number of nitrogens with one attached hydrogen (secondary N) is 1. The third-order valence-electron chi connectivity index (χ3n) is 4.13. The second-order valence-electron chi connectivity index (χ2n) is 5.60. The van der Waals surface area contributed by atoms with Crippen LogP contribution in [0.15, 0.2) is 17.2 Å². The lowest BCUT2D eigenvalue weighted by atomic mass is 10.0. The normalized spacial score (nSPS) is 23.6. The molecule has 104 valence electrons. The average Bonchev–Trinajstić information content (AvgIpc) is 3.25. The predicted octanol–water partition coefficient (Wildman–Crippen LogP) is 1.16. The summed E-state index contributed by atoms with van der Waals surface area (Å²) in [5.74, 6) is 0.648. The molecule has 1 unspecified atom stereocenters. The van der Waals surface area contributed by atoms with E-state index < -0.39 is 0 Å². The minimum Gasteiger partial charge on any atom is -0.348 e. The number of likely N-dealkylation sites (N-methyl/N-ethyl adjacent to an activating group) is 1. The summed E-state index contributed by atoms with van der Waals surface area (Å²) in [7, 11) is 1.97. The predicted molar refractivity (Wildman–Crippen MR) is 75.7 cm³/mol. The van der Waals surface area contributed by atoms with Crippen LogP contribution in [0.5, 0.6) is 0 Å². The molecule has 0 amide bonds. The molecular weight excluding hydrogens is 240 g/mol. The molecule has 1 aromatic rings. The highest BCUT2D eigenvalue weighted by atomic mass is 16.1. The minimum absolute atomic E-state index is 0.0907. The van der Waals surface area contributed by atoms with Crippen LogP contribution in [-0.4, -0.2) is 35.7 Å². The molecule has 2 fully saturated rings. The van der Waals surface area contributed by atoms with Gasteiger partial charge >= 0.3 is 0 Å². The van der Waals surface area contributed by atoms with Crippen molar-refractivity contribution in [3.05, 3.63) is 22.7 Å². The van der Waals surface area contributed by atoms with Crippen molar-refractivity contribution < 1.29 is 0 Å². The topological polar surface area (TPSA) is 50.2 Å². The van der Waals surface area contributed by atoms with Gasteiger partial charge in [-0.3, -0.25) is 4.79 Å². The quantitative estimate of drug-likeness (QED) is 0.884. The molecule has 1 saturated heterocycles. The molecule has 1 aliphatic heterocycles. The van der Waals surface area contributed by atoms with Crippen LogP contribution in [0.3, 0.4) is 0 Å². The largest absolute Gasteiger partial charge is 0.348 e. The highest BCUT2D eigenvalue weighted by Crippen LogP contribution is 2.33. The van der Waals surface area contributed by atoms with Gasteiger partial charge in [-0.15, -0.1) is 0 Å². The molecule has 5 heteroatoms. The number of rotatable bonds is 4. The Labute approximate surface area is 113 Å². The summed E-state index contributed by atoms with van der Waals surface area (Å²) in [5.41, 5.74) is 0.0907. The molecule has 1 atom stereocenters. The van der Waals surface area contributed by atoms with E-state index >= 15 is 0 Å². The molecule has 2 heterocycles. The first kappa shape index (κ1) is 12.7. The fourth-order valence-corrected chi connectivity index (χ4v) is 2.98. The maximum absolute atomic E-state index is 12.5. The van der Waals surface area contributed by atoms with Crippen LogP contribution >= 0.6 is 0 Å². The maximum Gasteiger partial charge on any atom is 0.293 e. The van der Waals surface area contributed by atoms with Gasteiger partial charge in [-0.05, 0) is 39.2 Å². The highest BCUT2D eigenvalue weighted by molar-refractivity contribution is 5.38. The smallest absolute Gasteiger partial charge is 0.293 e. The Bertz CT molecular complexity index is 492. The lowest BCUT2D eigenvalue weighted by Gasteiger charge is -2.36. The van der Waals surface area contributed by atoms with Crippen molar-refractivity contribution in [2.75, 3.05) is 25.0 Å². The van der Waals surface area contributed by atoms with Crippen molar-refractivity contribution >= 4 is 5.82 Å². The summed E-state index contributed by atoms with van der Waals surface area (Å²) in [5, 5.41) is 3.23. The Kier molecular flexibility index (Phi) is 3.55. The Morgan fingerprint density at radius 3 is 2.95 bits per heavy atom. The molecule has 1 N–H and O–H groups in total. The number of nitrogens with zero attached hydrogens (tertiary/aromatic N) is 3. The highest BCUT2D eigenvalue weighted by Gasteiger charge is 2.29. The van der Waals surface area contributed by atoms with Crippen molar-refractivity contribution in [1.82, 2.24) is 14.9 Å². The van der Waals surface area contributed by atoms with Crippen LogP contribution in [0.25, 0.3) is 0 Å². The molecule has 0 spiro atoms. The fourth-order valence-electron chi connectivity index (χ4n) is 2.98. The molecule has 1 saturated carbocycles. The third kappa shape index (κ3) is 2.52. The van der Waals surface area contributed by atoms with Crippen LogP contribution in [0.4, 0.5) is 5.82 Å². The van der Waals surface area contributed by atoms with Crippen LogP contribution in [-0.2, 0) is 0 Å². The van der Waals surface area contributed by atoms with Gasteiger partial charge in [-0.1, -0.05) is 0 Å². The number of anilines is 1. The SMILES string of the molecule is CNCC1CCCCN1c1nccn(C2CC2)c1=O.